The van der Waals surface area contributed by atoms with E-state index in [4.69, 9.17) is 4.74 Å². The van der Waals surface area contributed by atoms with E-state index in [1.54, 1.807) is 9.80 Å². The van der Waals surface area contributed by atoms with Crippen molar-refractivity contribution in [2.45, 2.75) is 51.0 Å². The number of hydrogen-bond donors (Lipinski definition) is 0. The van der Waals surface area contributed by atoms with Gasteiger partial charge in [-0.25, -0.2) is 4.79 Å². The summed E-state index contributed by atoms with van der Waals surface area (Å²) in [6, 6.07) is 0.0579. The summed E-state index contributed by atoms with van der Waals surface area (Å²) in [4.78, 5) is 38.3. The molecule has 0 aromatic carbocycles. The van der Waals surface area contributed by atoms with Gasteiger partial charge in [-0.15, -0.1) is 0 Å². The second-order valence-electron chi connectivity index (χ2n) is 6.52. The number of carbonyl (C=O) groups is 3. The lowest BCUT2D eigenvalue weighted by Crippen LogP contribution is -2.62. The molecule has 6 nitrogen and oxygen atoms in total. The molecule has 0 saturated carbocycles. The van der Waals surface area contributed by atoms with Crippen LogP contribution >= 0.6 is 11.8 Å². The molecular formula is C14H22N2O4S. The number of likely N-dealkylation sites (tertiary alicyclic amines) is 2. The van der Waals surface area contributed by atoms with Crippen molar-refractivity contribution in [2.75, 3.05) is 19.6 Å². The molecule has 0 aromatic rings. The number of carbonyl (C=O) groups excluding carboxylic acids is 3. The molecule has 2 aliphatic rings. The number of rotatable bonds is 2. The summed E-state index contributed by atoms with van der Waals surface area (Å²) in [6.07, 6.45) is 0.0766. The molecule has 0 aromatic heterocycles. The third kappa shape index (κ3) is 4.12. The summed E-state index contributed by atoms with van der Waals surface area (Å²) in [5.74, 6) is 0.0718. The van der Waals surface area contributed by atoms with Crippen LogP contribution in [0.25, 0.3) is 0 Å². The first kappa shape index (κ1) is 16.1. The molecule has 2 rings (SSSR count). The first-order valence-electron chi connectivity index (χ1n) is 7.10. The van der Waals surface area contributed by atoms with E-state index in [1.807, 2.05) is 20.8 Å². The smallest absolute Gasteiger partial charge is 0.410 e. The molecule has 2 saturated heterocycles. The zero-order valence-corrected chi connectivity index (χ0v) is 13.7. The molecule has 2 fully saturated rings. The van der Waals surface area contributed by atoms with E-state index in [9.17, 15) is 14.4 Å². The standard InChI is InChI=1S/C14H22N2O4S/c1-9(17)21-11-5-12(18)16(8-11)10-6-15(7-10)13(19)20-14(2,3)4/h10-11H,5-8H2,1-4H3. The van der Waals surface area contributed by atoms with Gasteiger partial charge >= 0.3 is 6.09 Å². The summed E-state index contributed by atoms with van der Waals surface area (Å²) >= 11 is 1.23. The molecule has 1 atom stereocenters. The SMILES string of the molecule is CC(=O)SC1CC(=O)N(C2CN(C(=O)OC(C)(C)C)C2)C1. The highest BCUT2D eigenvalue weighted by Crippen LogP contribution is 2.29. The summed E-state index contributed by atoms with van der Waals surface area (Å²) < 4.78 is 5.29. The molecule has 118 valence electrons. The van der Waals surface area contributed by atoms with Crippen molar-refractivity contribution < 1.29 is 19.1 Å². The van der Waals surface area contributed by atoms with E-state index in [0.717, 1.165) is 0 Å². The van der Waals surface area contributed by atoms with Crippen LogP contribution in [-0.4, -0.2) is 63.4 Å². The third-order valence-corrected chi connectivity index (χ3v) is 4.39. The molecule has 1 unspecified atom stereocenters. The van der Waals surface area contributed by atoms with Crippen LogP contribution < -0.4 is 0 Å². The molecule has 0 aliphatic carbocycles. The Labute approximate surface area is 129 Å². The first-order chi connectivity index (χ1) is 9.65. The van der Waals surface area contributed by atoms with Gasteiger partial charge in [-0.1, -0.05) is 11.8 Å². The maximum absolute atomic E-state index is 12.0. The van der Waals surface area contributed by atoms with Gasteiger partial charge in [0.2, 0.25) is 5.91 Å². The Morgan fingerprint density at radius 2 is 1.86 bits per heavy atom. The fourth-order valence-electron chi connectivity index (χ4n) is 2.49. The normalized spacial score (nSPS) is 23.2. The van der Waals surface area contributed by atoms with Gasteiger partial charge in [-0.2, -0.15) is 0 Å². The van der Waals surface area contributed by atoms with E-state index in [1.165, 1.54) is 18.7 Å². The van der Waals surface area contributed by atoms with E-state index in [-0.39, 0.29) is 28.4 Å². The quantitative estimate of drug-likeness (QED) is 0.772. The number of ether oxygens (including phenoxy) is 1. The molecule has 2 amide bonds. The van der Waals surface area contributed by atoms with Crippen molar-refractivity contribution in [3.05, 3.63) is 0 Å². The second-order valence-corrected chi connectivity index (χ2v) is 8.00. The maximum Gasteiger partial charge on any atom is 0.410 e. The highest BCUT2D eigenvalue weighted by atomic mass is 32.2. The molecule has 0 radical (unpaired) electrons. The van der Waals surface area contributed by atoms with Crippen LogP contribution in [0.5, 0.6) is 0 Å². The van der Waals surface area contributed by atoms with Crippen LogP contribution in [0.1, 0.15) is 34.1 Å². The Kier molecular flexibility index (Phi) is 4.51. The maximum atomic E-state index is 12.0. The molecule has 0 spiro atoms. The van der Waals surface area contributed by atoms with E-state index in [0.29, 0.717) is 26.1 Å². The minimum Gasteiger partial charge on any atom is -0.444 e. The lowest BCUT2D eigenvalue weighted by atomic mass is 10.1. The minimum absolute atomic E-state index is 0.0404. The fourth-order valence-corrected chi connectivity index (χ4v) is 3.42. The molecular weight excluding hydrogens is 292 g/mol. The van der Waals surface area contributed by atoms with Crippen LogP contribution in [0.4, 0.5) is 4.79 Å². The average Bonchev–Trinajstić information content (AvgIpc) is 2.53. The topological polar surface area (TPSA) is 66.9 Å². The summed E-state index contributed by atoms with van der Waals surface area (Å²) in [6.45, 7) is 8.62. The van der Waals surface area contributed by atoms with Crippen LogP contribution in [0.2, 0.25) is 0 Å². The van der Waals surface area contributed by atoms with Gasteiger partial charge in [-0.3, -0.25) is 9.59 Å². The lowest BCUT2D eigenvalue weighted by Gasteiger charge is -2.44. The second kappa shape index (κ2) is 5.87. The minimum atomic E-state index is -0.505. The Hall–Kier alpha value is -1.24. The van der Waals surface area contributed by atoms with Crippen molar-refractivity contribution in [2.24, 2.45) is 0 Å². The Morgan fingerprint density at radius 1 is 1.24 bits per heavy atom. The summed E-state index contributed by atoms with van der Waals surface area (Å²) in [5.41, 5.74) is -0.505. The Bertz CT molecular complexity index is 454. The number of amides is 2. The monoisotopic (exact) mass is 314 g/mol. The predicted octanol–water partition coefficient (Wildman–Crippen LogP) is 1.49. The van der Waals surface area contributed by atoms with Gasteiger partial charge in [-0.05, 0) is 20.8 Å². The summed E-state index contributed by atoms with van der Waals surface area (Å²) in [7, 11) is 0. The van der Waals surface area contributed by atoms with Crippen molar-refractivity contribution in [3.63, 3.8) is 0 Å². The van der Waals surface area contributed by atoms with E-state index < -0.39 is 5.60 Å². The van der Waals surface area contributed by atoms with Gasteiger partial charge in [0.25, 0.3) is 0 Å². The number of hydrogen-bond acceptors (Lipinski definition) is 5. The number of thioether (sulfide) groups is 1. The highest BCUT2D eigenvalue weighted by Gasteiger charge is 2.43. The Morgan fingerprint density at radius 3 is 2.38 bits per heavy atom. The van der Waals surface area contributed by atoms with Crippen LogP contribution in [-0.2, 0) is 14.3 Å². The zero-order chi connectivity index (χ0) is 15.8. The van der Waals surface area contributed by atoms with Crippen molar-refractivity contribution in [1.82, 2.24) is 9.80 Å². The lowest BCUT2D eigenvalue weighted by molar-refractivity contribution is -0.132. The zero-order valence-electron chi connectivity index (χ0n) is 12.9. The predicted molar refractivity (Wildman–Crippen MR) is 80.0 cm³/mol. The van der Waals surface area contributed by atoms with Crippen molar-refractivity contribution >= 4 is 28.9 Å². The van der Waals surface area contributed by atoms with Crippen LogP contribution in [0.3, 0.4) is 0 Å². The molecule has 7 heteroatoms. The Balaban J connectivity index is 1.81. The highest BCUT2D eigenvalue weighted by molar-refractivity contribution is 8.14. The number of nitrogens with zero attached hydrogens (tertiary/aromatic N) is 2. The van der Waals surface area contributed by atoms with Gasteiger partial charge in [0.15, 0.2) is 5.12 Å². The first-order valence-corrected chi connectivity index (χ1v) is 7.98. The third-order valence-electron chi connectivity index (χ3n) is 3.41. The molecule has 0 N–H and O–H groups in total. The van der Waals surface area contributed by atoms with E-state index >= 15 is 0 Å². The van der Waals surface area contributed by atoms with Gasteiger partial charge in [0.05, 0.1) is 6.04 Å². The molecule has 2 aliphatic heterocycles. The van der Waals surface area contributed by atoms with Gasteiger partial charge < -0.3 is 14.5 Å². The van der Waals surface area contributed by atoms with Gasteiger partial charge in [0, 0.05) is 38.2 Å². The fraction of sp³-hybridized carbons (Fsp3) is 0.786. The van der Waals surface area contributed by atoms with Crippen molar-refractivity contribution in [3.8, 4) is 0 Å². The molecule has 0 bridgehead atoms. The molecule has 2 heterocycles. The molecule has 21 heavy (non-hydrogen) atoms. The largest absolute Gasteiger partial charge is 0.444 e. The van der Waals surface area contributed by atoms with E-state index in [2.05, 4.69) is 0 Å². The van der Waals surface area contributed by atoms with Crippen LogP contribution in [0, 0.1) is 0 Å². The van der Waals surface area contributed by atoms with Gasteiger partial charge in [0.1, 0.15) is 5.60 Å². The van der Waals surface area contributed by atoms with Crippen LogP contribution in [0.15, 0.2) is 0 Å². The average molecular weight is 314 g/mol. The summed E-state index contributed by atoms with van der Waals surface area (Å²) in [5, 5.41) is 0.0872. The van der Waals surface area contributed by atoms with Crippen molar-refractivity contribution in [1.29, 1.82) is 0 Å².